The molecule has 7 heteroatoms. The van der Waals surface area contributed by atoms with E-state index in [1.807, 2.05) is 48.5 Å². The number of nitrogens with zero attached hydrogens (tertiary/aromatic N) is 3. The van der Waals surface area contributed by atoms with Gasteiger partial charge in [-0.25, -0.2) is 9.97 Å². The first kappa shape index (κ1) is 17.7. The molecular weight excluding hydrogens is 378 g/mol. The molecule has 2 N–H and O–H groups in total. The van der Waals surface area contributed by atoms with Crippen molar-refractivity contribution in [3.05, 3.63) is 84.2 Å². The summed E-state index contributed by atoms with van der Waals surface area (Å²) in [4.78, 5) is 41.0. The third-order valence-electron chi connectivity index (χ3n) is 4.85. The molecule has 0 unspecified atom stereocenters. The summed E-state index contributed by atoms with van der Waals surface area (Å²) in [6, 6.07) is 18.3. The Morgan fingerprint density at radius 1 is 0.933 bits per heavy atom. The van der Waals surface area contributed by atoms with E-state index in [0.29, 0.717) is 39.4 Å². The summed E-state index contributed by atoms with van der Waals surface area (Å²) in [5.41, 5.74) is 2.87. The normalized spacial score (nSPS) is 10.9. The number of aldehydes is 1. The van der Waals surface area contributed by atoms with Crippen LogP contribution in [0.1, 0.15) is 20.7 Å². The highest BCUT2D eigenvalue weighted by Gasteiger charge is 2.18. The Morgan fingerprint density at radius 2 is 1.73 bits per heavy atom. The molecule has 0 atom stereocenters. The first-order valence-corrected chi connectivity index (χ1v) is 9.29. The molecule has 5 aromatic rings. The van der Waals surface area contributed by atoms with E-state index in [1.165, 1.54) is 6.20 Å². The van der Waals surface area contributed by atoms with Gasteiger partial charge in [-0.2, -0.15) is 0 Å². The van der Waals surface area contributed by atoms with Gasteiger partial charge >= 0.3 is 0 Å². The van der Waals surface area contributed by atoms with Crippen LogP contribution in [0.15, 0.2) is 73.1 Å². The van der Waals surface area contributed by atoms with Gasteiger partial charge in [-0.3, -0.25) is 14.6 Å². The van der Waals surface area contributed by atoms with Gasteiger partial charge in [-0.15, -0.1) is 0 Å². The lowest BCUT2D eigenvalue weighted by Gasteiger charge is -2.10. The molecule has 7 nitrogen and oxygen atoms in total. The van der Waals surface area contributed by atoms with Crippen LogP contribution in [0.3, 0.4) is 0 Å². The average Bonchev–Trinajstić information content (AvgIpc) is 3.18. The predicted molar refractivity (Wildman–Crippen MR) is 114 cm³/mol. The van der Waals surface area contributed by atoms with Crippen molar-refractivity contribution in [2.24, 2.45) is 0 Å². The van der Waals surface area contributed by atoms with E-state index in [0.717, 1.165) is 17.2 Å². The number of anilines is 1. The van der Waals surface area contributed by atoms with Gasteiger partial charge in [0.15, 0.2) is 12.1 Å². The number of aromatic nitrogens is 4. The number of carbonyl (C=O) groups is 2. The van der Waals surface area contributed by atoms with Gasteiger partial charge in [0.05, 0.1) is 22.3 Å². The first-order chi connectivity index (χ1) is 14.7. The lowest BCUT2D eigenvalue weighted by atomic mass is 10.1. The first-order valence-electron chi connectivity index (χ1n) is 9.29. The maximum atomic E-state index is 12.7. The van der Waals surface area contributed by atoms with E-state index >= 15 is 0 Å². The molecule has 3 heterocycles. The third-order valence-corrected chi connectivity index (χ3v) is 4.85. The van der Waals surface area contributed by atoms with Crippen LogP contribution in [0, 0.1) is 0 Å². The maximum Gasteiger partial charge on any atom is 0.258 e. The molecular formula is C23H15N5O2. The zero-order chi connectivity index (χ0) is 20.5. The Bertz CT molecular complexity index is 1410. The summed E-state index contributed by atoms with van der Waals surface area (Å²) < 4.78 is 0. The molecule has 0 aliphatic heterocycles. The second-order valence-electron chi connectivity index (χ2n) is 6.69. The number of aromatic amines is 1. The molecule has 0 bridgehead atoms. The quantitative estimate of drug-likeness (QED) is 0.445. The molecule has 0 aliphatic rings. The van der Waals surface area contributed by atoms with Crippen molar-refractivity contribution < 1.29 is 9.59 Å². The monoisotopic (exact) mass is 393 g/mol. The van der Waals surface area contributed by atoms with Crippen molar-refractivity contribution in [3.8, 4) is 11.5 Å². The molecule has 0 saturated carbocycles. The van der Waals surface area contributed by atoms with E-state index in [4.69, 9.17) is 0 Å². The number of amides is 1. The van der Waals surface area contributed by atoms with Crippen molar-refractivity contribution in [2.75, 3.05) is 5.32 Å². The van der Waals surface area contributed by atoms with Crippen molar-refractivity contribution in [3.63, 3.8) is 0 Å². The topological polar surface area (TPSA) is 101 Å². The highest BCUT2D eigenvalue weighted by atomic mass is 16.1. The molecule has 0 fully saturated rings. The molecule has 144 valence electrons. The predicted octanol–water partition coefficient (Wildman–Crippen LogP) is 4.24. The number of H-pyrrole nitrogens is 1. The summed E-state index contributed by atoms with van der Waals surface area (Å²) in [6.07, 6.45) is 3.88. The second kappa shape index (κ2) is 7.21. The number of hydrogen-bond acceptors (Lipinski definition) is 5. The Kier molecular flexibility index (Phi) is 4.25. The number of fused-ring (bicyclic) bond motifs is 2. The summed E-state index contributed by atoms with van der Waals surface area (Å²) in [7, 11) is 0. The summed E-state index contributed by atoms with van der Waals surface area (Å²) in [5, 5.41) is 4.34. The number of benzene rings is 2. The molecule has 2 aromatic carbocycles. The highest BCUT2D eigenvalue weighted by Crippen LogP contribution is 2.30. The average molecular weight is 393 g/mol. The standard InChI is InChI=1S/C23H15N5O2/c29-13-17-15-7-1-3-9-18(15)25-20(17)22-26-19-10-4-2-8-16(19)21(27-22)28-23(30)14-6-5-11-24-12-14/h1-13,25H,(H,26,27,28,30). The Balaban J connectivity index is 1.68. The van der Waals surface area contributed by atoms with Gasteiger partial charge in [0.2, 0.25) is 0 Å². The minimum Gasteiger partial charge on any atom is -0.351 e. The second-order valence-corrected chi connectivity index (χ2v) is 6.69. The molecule has 0 radical (unpaired) electrons. The molecule has 30 heavy (non-hydrogen) atoms. The van der Waals surface area contributed by atoms with Crippen LogP contribution in [0.25, 0.3) is 33.3 Å². The Morgan fingerprint density at radius 3 is 2.53 bits per heavy atom. The van der Waals surface area contributed by atoms with E-state index in [2.05, 4.69) is 25.3 Å². The van der Waals surface area contributed by atoms with Gasteiger partial charge in [0.25, 0.3) is 5.91 Å². The number of nitrogens with one attached hydrogen (secondary N) is 2. The third kappa shape index (κ3) is 2.98. The van der Waals surface area contributed by atoms with Crippen molar-refractivity contribution >= 4 is 39.8 Å². The van der Waals surface area contributed by atoms with Crippen LogP contribution in [0.5, 0.6) is 0 Å². The Hall–Kier alpha value is -4.39. The number of pyridine rings is 1. The van der Waals surface area contributed by atoms with Crippen LogP contribution in [-0.4, -0.2) is 32.1 Å². The molecule has 3 aromatic heterocycles. The highest BCUT2D eigenvalue weighted by molar-refractivity contribution is 6.08. The van der Waals surface area contributed by atoms with Crippen LogP contribution < -0.4 is 5.32 Å². The van der Waals surface area contributed by atoms with Crippen molar-refractivity contribution in [1.29, 1.82) is 0 Å². The van der Waals surface area contributed by atoms with Crippen molar-refractivity contribution in [2.45, 2.75) is 0 Å². The minimum atomic E-state index is -0.329. The van der Waals surface area contributed by atoms with E-state index in [9.17, 15) is 9.59 Å². The lowest BCUT2D eigenvalue weighted by Crippen LogP contribution is -2.14. The zero-order valence-electron chi connectivity index (χ0n) is 15.7. The fraction of sp³-hybridized carbons (Fsp3) is 0. The molecule has 1 amide bonds. The summed E-state index contributed by atoms with van der Waals surface area (Å²) in [5.74, 6) is 0.360. The zero-order valence-corrected chi connectivity index (χ0v) is 15.7. The van der Waals surface area contributed by atoms with E-state index in [-0.39, 0.29) is 5.91 Å². The Labute approximate surface area is 170 Å². The molecule has 5 rings (SSSR count). The molecule has 0 spiro atoms. The lowest BCUT2D eigenvalue weighted by molar-refractivity contribution is 0.102. The van der Waals surface area contributed by atoms with Gasteiger partial charge in [-0.1, -0.05) is 30.3 Å². The largest absolute Gasteiger partial charge is 0.351 e. The summed E-state index contributed by atoms with van der Waals surface area (Å²) >= 11 is 0. The van der Waals surface area contributed by atoms with Gasteiger partial charge in [0, 0.05) is 28.7 Å². The van der Waals surface area contributed by atoms with Crippen LogP contribution in [-0.2, 0) is 0 Å². The molecule has 0 saturated heterocycles. The van der Waals surface area contributed by atoms with E-state index in [1.54, 1.807) is 18.3 Å². The smallest absolute Gasteiger partial charge is 0.258 e. The van der Waals surface area contributed by atoms with Crippen LogP contribution in [0.2, 0.25) is 0 Å². The van der Waals surface area contributed by atoms with Crippen molar-refractivity contribution in [1.82, 2.24) is 19.9 Å². The van der Waals surface area contributed by atoms with Crippen LogP contribution >= 0.6 is 0 Å². The number of hydrogen-bond donors (Lipinski definition) is 2. The minimum absolute atomic E-state index is 0.327. The van der Waals surface area contributed by atoms with Gasteiger partial charge < -0.3 is 10.3 Å². The molecule has 0 aliphatic carbocycles. The number of rotatable bonds is 4. The maximum absolute atomic E-state index is 12.7. The SMILES string of the molecule is O=Cc1c(-c2nc(NC(=O)c3cccnc3)c3ccccc3n2)[nH]c2ccccc12. The fourth-order valence-electron chi connectivity index (χ4n) is 3.42. The van der Waals surface area contributed by atoms with E-state index < -0.39 is 0 Å². The number of para-hydroxylation sites is 2. The van der Waals surface area contributed by atoms with Gasteiger partial charge in [0.1, 0.15) is 5.82 Å². The number of carbonyl (C=O) groups excluding carboxylic acids is 2. The summed E-state index contributed by atoms with van der Waals surface area (Å²) in [6.45, 7) is 0. The fourth-order valence-corrected chi connectivity index (χ4v) is 3.42. The van der Waals surface area contributed by atoms with Crippen LogP contribution in [0.4, 0.5) is 5.82 Å². The van der Waals surface area contributed by atoms with Gasteiger partial charge in [-0.05, 0) is 30.3 Å².